The summed E-state index contributed by atoms with van der Waals surface area (Å²) in [6.45, 7) is 8.27. The van der Waals surface area contributed by atoms with Crippen LogP contribution in [0.4, 0.5) is 5.69 Å². The van der Waals surface area contributed by atoms with E-state index < -0.39 is 6.04 Å². The second-order valence-electron chi connectivity index (χ2n) is 8.60. The van der Waals surface area contributed by atoms with Gasteiger partial charge in [0.2, 0.25) is 5.91 Å². The zero-order chi connectivity index (χ0) is 28.0. The highest BCUT2D eigenvalue weighted by molar-refractivity contribution is 7.99. The predicted octanol–water partition coefficient (Wildman–Crippen LogP) is 7.98. The van der Waals surface area contributed by atoms with Gasteiger partial charge in [0.25, 0.3) is 5.91 Å². The molecule has 0 aliphatic rings. The predicted molar refractivity (Wildman–Crippen MR) is 157 cm³/mol. The number of thioether (sulfide) groups is 1. The summed E-state index contributed by atoms with van der Waals surface area (Å²) in [6, 6.07) is 7.16. The second-order valence-corrected chi connectivity index (χ2v) is 11.6. The monoisotopic (exact) mass is 633 g/mol. The highest BCUT2D eigenvalue weighted by Crippen LogP contribution is 2.33. The first kappa shape index (κ1) is 30.6. The summed E-state index contributed by atoms with van der Waals surface area (Å²) in [4.78, 5) is 25.7. The fourth-order valence-electron chi connectivity index (χ4n) is 3.51. The summed E-state index contributed by atoms with van der Waals surface area (Å²) in [5.74, 6) is 0.0973. The quantitative estimate of drug-likeness (QED) is 0.127. The van der Waals surface area contributed by atoms with Gasteiger partial charge >= 0.3 is 0 Å². The first-order valence-corrected chi connectivity index (χ1v) is 14.2. The Hall–Kier alpha value is -1.94. The molecule has 0 aliphatic heterocycles. The molecule has 0 spiro atoms. The van der Waals surface area contributed by atoms with Gasteiger partial charge < -0.3 is 15.2 Å². The molecule has 2 aromatic carbocycles. The number of allylic oxidation sites excluding steroid dienone is 1. The minimum absolute atomic E-state index is 0.0213. The van der Waals surface area contributed by atoms with Gasteiger partial charge in [0.05, 0.1) is 43.1 Å². The van der Waals surface area contributed by atoms with E-state index in [1.54, 1.807) is 18.2 Å². The largest absolute Gasteiger partial charge is 0.342 e. The highest BCUT2D eigenvalue weighted by atomic mass is 35.5. The van der Waals surface area contributed by atoms with E-state index in [9.17, 15) is 9.59 Å². The van der Waals surface area contributed by atoms with Crippen LogP contribution in [0.2, 0.25) is 25.1 Å². The van der Waals surface area contributed by atoms with Crippen molar-refractivity contribution in [3.05, 3.63) is 79.5 Å². The third-order valence-electron chi connectivity index (χ3n) is 5.17. The van der Waals surface area contributed by atoms with Crippen LogP contribution in [-0.2, 0) is 11.3 Å². The van der Waals surface area contributed by atoms with Crippen LogP contribution in [0.3, 0.4) is 0 Å². The summed E-state index contributed by atoms with van der Waals surface area (Å²) in [5.41, 5.74) is 0.646. The first-order chi connectivity index (χ1) is 18.0. The molecule has 13 heteroatoms. The number of anilines is 1. The van der Waals surface area contributed by atoms with E-state index in [1.165, 1.54) is 30.0 Å². The van der Waals surface area contributed by atoms with Gasteiger partial charge in [0.1, 0.15) is 0 Å². The summed E-state index contributed by atoms with van der Waals surface area (Å²) in [7, 11) is 0. The molecule has 0 fully saturated rings. The Morgan fingerprint density at radius 2 is 1.74 bits per heavy atom. The molecule has 2 N–H and O–H groups in total. The van der Waals surface area contributed by atoms with E-state index in [2.05, 4.69) is 27.4 Å². The fourth-order valence-corrected chi connectivity index (χ4v) is 5.35. The van der Waals surface area contributed by atoms with Crippen molar-refractivity contribution in [3.63, 3.8) is 0 Å². The van der Waals surface area contributed by atoms with Crippen molar-refractivity contribution >= 4 is 87.3 Å². The van der Waals surface area contributed by atoms with Crippen LogP contribution < -0.4 is 10.6 Å². The first-order valence-electron chi connectivity index (χ1n) is 11.4. The molecule has 1 heterocycles. The Bertz CT molecular complexity index is 1350. The zero-order valence-corrected chi connectivity index (χ0v) is 25.0. The number of amides is 2. The Morgan fingerprint density at radius 3 is 2.39 bits per heavy atom. The van der Waals surface area contributed by atoms with Crippen molar-refractivity contribution in [2.45, 2.75) is 38.0 Å². The molecule has 0 saturated carbocycles. The SMILES string of the molecule is C=CCn1c(SCC(=O)Nc2cc(Cl)c(Cl)cc2Cl)nnc1[C@@H](CC(C)C)NC(=O)c1ccc(Cl)cc1Cl. The lowest BCUT2D eigenvalue weighted by Crippen LogP contribution is -2.32. The van der Waals surface area contributed by atoms with Crippen molar-refractivity contribution in [1.29, 1.82) is 0 Å². The van der Waals surface area contributed by atoms with Crippen molar-refractivity contribution in [2.24, 2.45) is 5.92 Å². The Balaban J connectivity index is 1.79. The van der Waals surface area contributed by atoms with Gasteiger partial charge in [-0.15, -0.1) is 16.8 Å². The van der Waals surface area contributed by atoms with Crippen LogP contribution in [0.5, 0.6) is 0 Å². The zero-order valence-electron chi connectivity index (χ0n) is 20.4. The molecular formula is C25H24Cl5N5O2S. The number of hydrogen-bond acceptors (Lipinski definition) is 5. The molecule has 3 rings (SSSR count). The number of benzene rings is 2. The van der Waals surface area contributed by atoms with Gasteiger partial charge in [-0.2, -0.15) is 0 Å². The maximum atomic E-state index is 13.1. The molecule has 1 atom stereocenters. The van der Waals surface area contributed by atoms with Crippen LogP contribution in [0.1, 0.15) is 42.5 Å². The van der Waals surface area contributed by atoms with Crippen molar-refractivity contribution in [1.82, 2.24) is 20.1 Å². The van der Waals surface area contributed by atoms with Gasteiger partial charge in [-0.1, -0.05) is 89.7 Å². The van der Waals surface area contributed by atoms with Crippen LogP contribution in [0.15, 0.2) is 48.1 Å². The number of nitrogens with zero attached hydrogens (tertiary/aromatic N) is 3. The van der Waals surface area contributed by atoms with E-state index >= 15 is 0 Å². The maximum Gasteiger partial charge on any atom is 0.253 e. The molecule has 0 radical (unpaired) electrons. The maximum absolute atomic E-state index is 13.1. The van der Waals surface area contributed by atoms with Crippen molar-refractivity contribution in [3.8, 4) is 0 Å². The summed E-state index contributed by atoms with van der Waals surface area (Å²) in [5, 5.41) is 16.4. The molecule has 0 bridgehead atoms. The lowest BCUT2D eigenvalue weighted by Gasteiger charge is -2.21. The third-order valence-corrected chi connectivity index (χ3v) is 7.72. The average Bonchev–Trinajstić information content (AvgIpc) is 3.23. The summed E-state index contributed by atoms with van der Waals surface area (Å²) >= 11 is 31.5. The van der Waals surface area contributed by atoms with Crippen molar-refractivity contribution < 1.29 is 9.59 Å². The van der Waals surface area contributed by atoms with E-state index in [-0.39, 0.29) is 43.6 Å². The van der Waals surface area contributed by atoms with Crippen LogP contribution >= 0.6 is 69.8 Å². The second kappa shape index (κ2) is 13.9. The van der Waals surface area contributed by atoms with Gasteiger partial charge in [0.15, 0.2) is 11.0 Å². The summed E-state index contributed by atoms with van der Waals surface area (Å²) in [6.07, 6.45) is 2.28. The number of rotatable bonds is 11. The number of carbonyl (C=O) groups excluding carboxylic acids is 2. The molecule has 38 heavy (non-hydrogen) atoms. The molecule has 2 amide bonds. The van der Waals surface area contributed by atoms with Crippen molar-refractivity contribution in [2.75, 3.05) is 11.1 Å². The van der Waals surface area contributed by atoms with Crippen LogP contribution in [-0.4, -0.2) is 32.3 Å². The molecule has 0 unspecified atom stereocenters. The van der Waals surface area contributed by atoms with Gasteiger partial charge in [-0.05, 0) is 42.7 Å². The van der Waals surface area contributed by atoms with Gasteiger partial charge in [-0.25, -0.2) is 0 Å². The normalized spacial score (nSPS) is 11.9. The minimum Gasteiger partial charge on any atom is -0.342 e. The molecule has 0 aliphatic carbocycles. The number of nitrogens with one attached hydrogen (secondary N) is 2. The molecular weight excluding hydrogens is 612 g/mol. The van der Waals surface area contributed by atoms with E-state index in [0.717, 1.165) is 0 Å². The average molecular weight is 636 g/mol. The molecule has 1 aromatic heterocycles. The van der Waals surface area contributed by atoms with E-state index in [1.807, 2.05) is 18.4 Å². The smallest absolute Gasteiger partial charge is 0.253 e. The Kier molecular flexibility index (Phi) is 11.2. The topological polar surface area (TPSA) is 88.9 Å². The number of carbonyl (C=O) groups is 2. The number of halogens is 5. The van der Waals surface area contributed by atoms with Gasteiger partial charge in [0, 0.05) is 11.6 Å². The Morgan fingerprint density at radius 1 is 1.03 bits per heavy atom. The van der Waals surface area contributed by atoms with E-state index in [0.29, 0.717) is 40.2 Å². The van der Waals surface area contributed by atoms with E-state index in [4.69, 9.17) is 58.0 Å². The number of hydrogen-bond donors (Lipinski definition) is 2. The fraction of sp³-hybridized carbons (Fsp3) is 0.280. The molecule has 0 saturated heterocycles. The minimum atomic E-state index is -0.472. The van der Waals surface area contributed by atoms with Gasteiger partial charge in [-0.3, -0.25) is 9.59 Å². The number of aromatic nitrogens is 3. The third kappa shape index (κ3) is 8.04. The summed E-state index contributed by atoms with van der Waals surface area (Å²) < 4.78 is 1.81. The standard InChI is InChI=1S/C25H24Cl5N5O2S/c1-4-7-35-23(21(8-13(2)3)32-24(37)15-6-5-14(26)9-16(15)27)33-34-25(35)38-12-22(36)31-20-11-18(29)17(28)10-19(20)30/h4-6,9-11,13,21H,1,7-8,12H2,2-3H3,(H,31,36)(H,32,37)/t21-/m1/s1. The van der Waals surface area contributed by atoms with Crippen LogP contribution in [0, 0.1) is 5.92 Å². The molecule has 202 valence electrons. The highest BCUT2D eigenvalue weighted by Gasteiger charge is 2.25. The lowest BCUT2D eigenvalue weighted by atomic mass is 10.0. The van der Waals surface area contributed by atoms with Crippen LogP contribution in [0.25, 0.3) is 0 Å². The molecule has 3 aromatic rings. The lowest BCUT2D eigenvalue weighted by molar-refractivity contribution is -0.113. The Labute approximate surface area is 250 Å². The molecule has 7 nitrogen and oxygen atoms in total.